The third-order valence-corrected chi connectivity index (χ3v) is 6.44. The molecule has 19 heavy (non-hydrogen) atoms. The van der Waals surface area contributed by atoms with Crippen LogP contribution in [-0.2, 0) is 14.8 Å². The van der Waals surface area contributed by atoms with Gasteiger partial charge in [0.05, 0.1) is 6.20 Å². The third kappa shape index (κ3) is 3.13. The standard InChI is InChI=1S/C11H17N3O3S2/c1-8-5-3-4-6-14(8)19(16,17)10-7-12-11(18-10)13-9(2)15/h7-8H,3-6H2,1-2H3,(H,12,13,15). The maximum atomic E-state index is 12.5. The number of hydrogen-bond donors (Lipinski definition) is 1. The van der Waals surface area contributed by atoms with Gasteiger partial charge in [-0.05, 0) is 19.8 Å². The fourth-order valence-corrected chi connectivity index (χ4v) is 5.04. The summed E-state index contributed by atoms with van der Waals surface area (Å²) in [6.07, 6.45) is 4.15. The molecule has 1 aromatic rings. The second kappa shape index (κ2) is 5.56. The lowest BCUT2D eigenvalue weighted by molar-refractivity contribution is -0.114. The number of sulfonamides is 1. The van der Waals surface area contributed by atoms with Crippen LogP contribution < -0.4 is 5.32 Å². The number of piperidine rings is 1. The predicted molar refractivity (Wildman–Crippen MR) is 73.6 cm³/mol. The molecule has 1 saturated heterocycles. The molecule has 0 aliphatic carbocycles. The van der Waals surface area contributed by atoms with Gasteiger partial charge in [-0.1, -0.05) is 17.8 Å². The molecule has 2 heterocycles. The second-order valence-corrected chi connectivity index (χ2v) is 7.77. The quantitative estimate of drug-likeness (QED) is 0.921. The molecule has 1 unspecified atom stereocenters. The fraction of sp³-hybridized carbons (Fsp3) is 0.636. The molecule has 1 atom stereocenters. The van der Waals surface area contributed by atoms with E-state index in [-0.39, 0.29) is 16.2 Å². The first kappa shape index (κ1) is 14.4. The van der Waals surface area contributed by atoms with Crippen LogP contribution in [0.1, 0.15) is 33.1 Å². The molecule has 0 aromatic carbocycles. The van der Waals surface area contributed by atoms with Crippen molar-refractivity contribution >= 4 is 32.4 Å². The molecular formula is C11H17N3O3S2. The molecular weight excluding hydrogens is 286 g/mol. The first-order valence-electron chi connectivity index (χ1n) is 6.16. The Balaban J connectivity index is 2.23. The third-order valence-electron chi connectivity index (χ3n) is 3.07. The SMILES string of the molecule is CC(=O)Nc1ncc(S(=O)(=O)N2CCCCC2C)s1. The van der Waals surface area contributed by atoms with Crippen molar-refractivity contribution in [1.29, 1.82) is 0 Å². The number of rotatable bonds is 3. The van der Waals surface area contributed by atoms with E-state index in [0.29, 0.717) is 11.7 Å². The molecule has 1 aromatic heterocycles. The molecule has 0 bridgehead atoms. The maximum absolute atomic E-state index is 12.5. The molecule has 2 rings (SSSR count). The van der Waals surface area contributed by atoms with Crippen molar-refractivity contribution in [3.05, 3.63) is 6.20 Å². The molecule has 106 valence electrons. The lowest BCUT2D eigenvalue weighted by Gasteiger charge is -2.31. The van der Waals surface area contributed by atoms with Gasteiger partial charge in [0, 0.05) is 19.5 Å². The van der Waals surface area contributed by atoms with Crippen LogP contribution in [0.3, 0.4) is 0 Å². The lowest BCUT2D eigenvalue weighted by Crippen LogP contribution is -2.41. The Morgan fingerprint density at radius 1 is 1.53 bits per heavy atom. The number of amides is 1. The lowest BCUT2D eigenvalue weighted by atomic mass is 10.1. The molecule has 6 nitrogen and oxygen atoms in total. The van der Waals surface area contributed by atoms with E-state index in [1.165, 1.54) is 17.4 Å². The zero-order valence-electron chi connectivity index (χ0n) is 10.9. The second-order valence-electron chi connectivity index (χ2n) is 4.63. The first-order chi connectivity index (χ1) is 8.91. The summed E-state index contributed by atoms with van der Waals surface area (Å²) in [6, 6.07) is 0.0186. The number of hydrogen-bond acceptors (Lipinski definition) is 5. The summed E-state index contributed by atoms with van der Waals surface area (Å²) in [5.41, 5.74) is 0. The van der Waals surface area contributed by atoms with Gasteiger partial charge >= 0.3 is 0 Å². The van der Waals surface area contributed by atoms with E-state index in [1.807, 2.05) is 6.92 Å². The van der Waals surface area contributed by atoms with E-state index in [1.54, 1.807) is 0 Å². The molecule has 8 heteroatoms. The van der Waals surface area contributed by atoms with Crippen molar-refractivity contribution in [2.24, 2.45) is 0 Å². The van der Waals surface area contributed by atoms with Crippen molar-refractivity contribution in [2.45, 2.75) is 43.4 Å². The van der Waals surface area contributed by atoms with Crippen molar-refractivity contribution in [3.8, 4) is 0 Å². The average molecular weight is 303 g/mol. The minimum atomic E-state index is -3.49. The largest absolute Gasteiger partial charge is 0.302 e. The normalized spacial score (nSPS) is 21.3. The highest BCUT2D eigenvalue weighted by atomic mass is 32.2. The Morgan fingerprint density at radius 3 is 2.89 bits per heavy atom. The van der Waals surface area contributed by atoms with Gasteiger partial charge in [-0.3, -0.25) is 4.79 Å². The van der Waals surface area contributed by atoms with E-state index in [2.05, 4.69) is 10.3 Å². The van der Waals surface area contributed by atoms with E-state index in [9.17, 15) is 13.2 Å². The number of aromatic nitrogens is 1. The van der Waals surface area contributed by atoms with E-state index >= 15 is 0 Å². The molecule has 0 radical (unpaired) electrons. The average Bonchev–Trinajstić information content (AvgIpc) is 2.77. The number of nitrogens with one attached hydrogen (secondary N) is 1. The number of anilines is 1. The highest BCUT2D eigenvalue weighted by Crippen LogP contribution is 2.29. The number of nitrogens with zero attached hydrogens (tertiary/aromatic N) is 2. The van der Waals surface area contributed by atoms with Crippen molar-refractivity contribution in [1.82, 2.24) is 9.29 Å². The van der Waals surface area contributed by atoms with Crippen LogP contribution in [0.5, 0.6) is 0 Å². The van der Waals surface area contributed by atoms with Gasteiger partial charge < -0.3 is 5.32 Å². The summed E-state index contributed by atoms with van der Waals surface area (Å²) in [5.74, 6) is -0.260. The predicted octanol–water partition coefficient (Wildman–Crippen LogP) is 1.66. The van der Waals surface area contributed by atoms with E-state index in [0.717, 1.165) is 30.6 Å². The van der Waals surface area contributed by atoms with Crippen LogP contribution in [0.25, 0.3) is 0 Å². The fourth-order valence-electron chi connectivity index (χ4n) is 2.13. The van der Waals surface area contributed by atoms with Gasteiger partial charge in [0.25, 0.3) is 10.0 Å². The van der Waals surface area contributed by atoms with Crippen LogP contribution in [0, 0.1) is 0 Å². The minimum absolute atomic E-state index is 0.0186. The summed E-state index contributed by atoms with van der Waals surface area (Å²) in [5, 5.41) is 2.81. The zero-order valence-corrected chi connectivity index (χ0v) is 12.6. The summed E-state index contributed by atoms with van der Waals surface area (Å²) < 4.78 is 26.7. The van der Waals surface area contributed by atoms with Crippen LogP contribution in [-0.4, -0.2) is 36.2 Å². The van der Waals surface area contributed by atoms with Gasteiger partial charge in [-0.25, -0.2) is 13.4 Å². The van der Waals surface area contributed by atoms with Crippen LogP contribution in [0.4, 0.5) is 5.13 Å². The maximum Gasteiger partial charge on any atom is 0.254 e. The molecule has 1 aliphatic rings. The van der Waals surface area contributed by atoms with Crippen LogP contribution in [0.2, 0.25) is 0 Å². The number of carbonyl (C=O) groups excluding carboxylic acids is 1. The highest BCUT2D eigenvalue weighted by Gasteiger charge is 2.32. The first-order valence-corrected chi connectivity index (χ1v) is 8.42. The Kier molecular flexibility index (Phi) is 4.22. The summed E-state index contributed by atoms with van der Waals surface area (Å²) in [7, 11) is -3.49. The highest BCUT2D eigenvalue weighted by molar-refractivity contribution is 7.91. The smallest absolute Gasteiger partial charge is 0.254 e. The minimum Gasteiger partial charge on any atom is -0.302 e. The monoisotopic (exact) mass is 303 g/mol. The van der Waals surface area contributed by atoms with E-state index in [4.69, 9.17) is 0 Å². The molecule has 0 spiro atoms. The summed E-state index contributed by atoms with van der Waals surface area (Å²) >= 11 is 0.991. The topological polar surface area (TPSA) is 79.4 Å². The Labute approximate surface area is 116 Å². The molecule has 1 N–H and O–H groups in total. The van der Waals surface area contributed by atoms with Gasteiger partial charge in [-0.15, -0.1) is 0 Å². The Morgan fingerprint density at radius 2 is 2.26 bits per heavy atom. The Bertz CT molecular complexity index is 567. The van der Waals surface area contributed by atoms with Crippen LogP contribution >= 0.6 is 11.3 Å². The molecule has 1 aliphatic heterocycles. The zero-order chi connectivity index (χ0) is 14.0. The van der Waals surface area contributed by atoms with Gasteiger partial charge in [-0.2, -0.15) is 4.31 Å². The number of thiazole rings is 1. The van der Waals surface area contributed by atoms with Gasteiger partial charge in [0.15, 0.2) is 9.34 Å². The molecule has 0 saturated carbocycles. The summed E-state index contributed by atoms with van der Waals surface area (Å²) in [6.45, 7) is 3.84. The van der Waals surface area contributed by atoms with Crippen molar-refractivity contribution < 1.29 is 13.2 Å². The van der Waals surface area contributed by atoms with Crippen molar-refractivity contribution in [3.63, 3.8) is 0 Å². The van der Waals surface area contributed by atoms with Gasteiger partial charge in [0.1, 0.15) is 0 Å². The van der Waals surface area contributed by atoms with Crippen molar-refractivity contribution in [2.75, 3.05) is 11.9 Å². The van der Waals surface area contributed by atoms with Gasteiger partial charge in [0.2, 0.25) is 5.91 Å². The van der Waals surface area contributed by atoms with E-state index < -0.39 is 10.0 Å². The molecule has 1 amide bonds. The number of carbonyl (C=O) groups is 1. The summed E-state index contributed by atoms with van der Waals surface area (Å²) in [4.78, 5) is 14.8. The van der Waals surface area contributed by atoms with Crippen LogP contribution in [0.15, 0.2) is 10.4 Å². The Hall–Kier alpha value is -0.990. The molecule has 1 fully saturated rings.